The van der Waals surface area contributed by atoms with Gasteiger partial charge in [0, 0.05) is 0 Å². The summed E-state index contributed by atoms with van der Waals surface area (Å²) in [6, 6.07) is 8.99. The Balaban J connectivity index is 2.37. The molecular weight excluding hydrogens is 168 g/mol. The normalized spacial score (nSPS) is 15.7. The zero-order valence-corrected chi connectivity index (χ0v) is 7.75. The van der Waals surface area contributed by atoms with E-state index >= 15 is 0 Å². The largest absolute Gasteiger partial charge is 0.0578 e. The summed E-state index contributed by atoms with van der Waals surface area (Å²) in [6.45, 7) is 0. The molecule has 2 aromatic rings. The topological polar surface area (TPSA) is 0 Å². The summed E-state index contributed by atoms with van der Waals surface area (Å²) >= 11 is 0. The van der Waals surface area contributed by atoms with Gasteiger partial charge in [-0.25, -0.2) is 0 Å². The Morgan fingerprint density at radius 3 is 2.29 bits per heavy atom. The second kappa shape index (κ2) is 2.09. The molecule has 0 unspecified atom stereocenters. The van der Waals surface area contributed by atoms with Crippen LogP contribution in [0.4, 0.5) is 0 Å². The molecule has 0 heteroatoms. The van der Waals surface area contributed by atoms with Crippen LogP contribution in [0.3, 0.4) is 0 Å². The standard InChI is InChI=1S/C14H9/c1-2-10-7-8-12-4-3-11-6-5-9(1)13(10)14(11)12/h1-3,5-8H,4H2. The van der Waals surface area contributed by atoms with E-state index < -0.39 is 0 Å². The lowest BCUT2D eigenvalue weighted by Gasteiger charge is -2.04. The van der Waals surface area contributed by atoms with Gasteiger partial charge >= 0.3 is 0 Å². The highest BCUT2D eigenvalue weighted by Crippen LogP contribution is 2.39. The average molecular weight is 177 g/mol. The Hall–Kier alpha value is -1.56. The molecule has 2 aliphatic carbocycles. The summed E-state index contributed by atoms with van der Waals surface area (Å²) in [6.07, 6.45) is 7.87. The molecule has 0 atom stereocenters. The summed E-state index contributed by atoms with van der Waals surface area (Å²) in [4.78, 5) is 0. The van der Waals surface area contributed by atoms with Gasteiger partial charge in [-0.05, 0) is 45.9 Å². The molecule has 1 radical (unpaired) electrons. The number of hydrogen-bond donors (Lipinski definition) is 0. The van der Waals surface area contributed by atoms with Gasteiger partial charge in [-0.3, -0.25) is 0 Å². The van der Waals surface area contributed by atoms with Crippen LogP contribution in [-0.4, -0.2) is 0 Å². The highest BCUT2D eigenvalue weighted by molar-refractivity contribution is 6.08. The molecule has 0 aromatic heterocycles. The Morgan fingerprint density at radius 1 is 0.714 bits per heavy atom. The molecule has 0 nitrogen and oxygen atoms in total. The van der Waals surface area contributed by atoms with E-state index in [1.165, 1.54) is 33.0 Å². The van der Waals surface area contributed by atoms with Crippen LogP contribution < -0.4 is 0 Å². The van der Waals surface area contributed by atoms with E-state index in [0.29, 0.717) is 0 Å². The maximum Gasteiger partial charge on any atom is -0.00332 e. The average Bonchev–Trinajstić information content (AvgIpc) is 2.77. The lowest BCUT2D eigenvalue weighted by atomic mass is 10.00. The maximum absolute atomic E-state index is 2.33. The summed E-state index contributed by atoms with van der Waals surface area (Å²) in [5, 5.41) is 2.96. The van der Waals surface area contributed by atoms with Gasteiger partial charge < -0.3 is 0 Å². The van der Waals surface area contributed by atoms with Gasteiger partial charge in [0.25, 0.3) is 0 Å². The first kappa shape index (κ1) is 6.83. The number of benzene rings is 2. The second-order valence-electron chi connectivity index (χ2n) is 4.05. The van der Waals surface area contributed by atoms with Crippen LogP contribution in [0.1, 0.15) is 22.3 Å². The van der Waals surface area contributed by atoms with Crippen molar-refractivity contribution in [3.63, 3.8) is 0 Å². The monoisotopic (exact) mass is 177 g/mol. The Kier molecular flexibility index (Phi) is 1.02. The summed E-state index contributed by atoms with van der Waals surface area (Å²) in [5.41, 5.74) is 5.68. The van der Waals surface area contributed by atoms with E-state index in [1.54, 1.807) is 0 Å². The molecule has 0 aliphatic heterocycles. The molecule has 2 aromatic carbocycles. The van der Waals surface area contributed by atoms with Crippen molar-refractivity contribution < 1.29 is 0 Å². The number of hydrogen-bond acceptors (Lipinski definition) is 0. The Bertz CT molecular complexity index is 540. The molecule has 0 saturated heterocycles. The van der Waals surface area contributed by atoms with Crippen LogP contribution in [0.2, 0.25) is 0 Å². The quantitative estimate of drug-likeness (QED) is 0.493. The zero-order chi connectivity index (χ0) is 9.12. The lowest BCUT2D eigenvalue weighted by Crippen LogP contribution is -1.82. The SMILES string of the molecule is [CH]1Cc2ccc3c4c(ccc1c24)C=C3. The van der Waals surface area contributed by atoms with E-state index in [4.69, 9.17) is 0 Å². The minimum Gasteiger partial charge on any atom is -0.0578 e. The molecule has 0 fully saturated rings. The first-order chi connectivity index (χ1) is 6.93. The molecule has 0 bridgehead atoms. The van der Waals surface area contributed by atoms with Crippen LogP contribution in [0, 0.1) is 6.42 Å². The van der Waals surface area contributed by atoms with E-state index in [0.717, 1.165) is 6.42 Å². The van der Waals surface area contributed by atoms with Gasteiger partial charge in [0.15, 0.2) is 0 Å². The summed E-state index contributed by atoms with van der Waals surface area (Å²) in [5.74, 6) is 0. The van der Waals surface area contributed by atoms with Crippen molar-refractivity contribution in [1.29, 1.82) is 0 Å². The fourth-order valence-corrected chi connectivity index (χ4v) is 2.67. The van der Waals surface area contributed by atoms with Crippen molar-refractivity contribution in [3.05, 3.63) is 52.9 Å². The van der Waals surface area contributed by atoms with Crippen molar-refractivity contribution in [2.45, 2.75) is 6.42 Å². The van der Waals surface area contributed by atoms with Crippen LogP contribution in [0.15, 0.2) is 24.3 Å². The highest BCUT2D eigenvalue weighted by atomic mass is 14.2. The van der Waals surface area contributed by atoms with E-state index in [2.05, 4.69) is 42.8 Å². The smallest absolute Gasteiger partial charge is 0.00332 e. The third-order valence-electron chi connectivity index (χ3n) is 3.33. The fourth-order valence-electron chi connectivity index (χ4n) is 2.67. The van der Waals surface area contributed by atoms with Crippen molar-refractivity contribution in [1.82, 2.24) is 0 Å². The second-order valence-corrected chi connectivity index (χ2v) is 4.05. The van der Waals surface area contributed by atoms with Gasteiger partial charge in [0.2, 0.25) is 0 Å². The molecular formula is C14H9. The van der Waals surface area contributed by atoms with Gasteiger partial charge in [0.1, 0.15) is 0 Å². The third kappa shape index (κ3) is 0.630. The highest BCUT2D eigenvalue weighted by Gasteiger charge is 2.19. The van der Waals surface area contributed by atoms with Crippen molar-refractivity contribution >= 4 is 22.9 Å². The van der Waals surface area contributed by atoms with Gasteiger partial charge in [-0.2, -0.15) is 0 Å². The van der Waals surface area contributed by atoms with Crippen LogP contribution in [0.5, 0.6) is 0 Å². The Labute approximate surface area is 82.9 Å². The number of rotatable bonds is 0. The molecule has 0 amide bonds. The van der Waals surface area contributed by atoms with Crippen molar-refractivity contribution in [3.8, 4) is 0 Å². The van der Waals surface area contributed by atoms with Gasteiger partial charge in [0.05, 0.1) is 0 Å². The Morgan fingerprint density at radius 2 is 1.43 bits per heavy atom. The summed E-state index contributed by atoms with van der Waals surface area (Å²) in [7, 11) is 0. The minimum absolute atomic E-state index is 1.11. The molecule has 2 aliphatic rings. The predicted molar refractivity (Wildman–Crippen MR) is 60.0 cm³/mol. The van der Waals surface area contributed by atoms with E-state index in [-0.39, 0.29) is 0 Å². The molecule has 65 valence electrons. The first-order valence-electron chi connectivity index (χ1n) is 5.03. The molecule has 0 spiro atoms. The van der Waals surface area contributed by atoms with Crippen molar-refractivity contribution in [2.75, 3.05) is 0 Å². The molecule has 0 heterocycles. The first-order valence-corrected chi connectivity index (χ1v) is 5.03. The van der Waals surface area contributed by atoms with Crippen LogP contribution in [-0.2, 0) is 6.42 Å². The zero-order valence-electron chi connectivity index (χ0n) is 7.75. The van der Waals surface area contributed by atoms with Crippen LogP contribution in [0.25, 0.3) is 22.9 Å². The van der Waals surface area contributed by atoms with E-state index in [1.807, 2.05) is 0 Å². The van der Waals surface area contributed by atoms with Gasteiger partial charge in [-0.15, -0.1) is 0 Å². The minimum atomic E-state index is 1.11. The van der Waals surface area contributed by atoms with Gasteiger partial charge in [-0.1, -0.05) is 36.4 Å². The third-order valence-corrected chi connectivity index (χ3v) is 3.33. The molecule has 0 saturated carbocycles. The van der Waals surface area contributed by atoms with Crippen LogP contribution >= 0.6 is 0 Å². The molecule has 14 heavy (non-hydrogen) atoms. The van der Waals surface area contributed by atoms with Crippen molar-refractivity contribution in [2.24, 2.45) is 0 Å². The lowest BCUT2D eigenvalue weighted by molar-refractivity contribution is 1.25. The molecule has 4 rings (SSSR count). The molecule has 0 N–H and O–H groups in total. The fraction of sp³-hybridized carbons (Fsp3) is 0.0714. The maximum atomic E-state index is 2.33. The summed E-state index contributed by atoms with van der Waals surface area (Å²) < 4.78 is 0. The predicted octanol–water partition coefficient (Wildman–Crippen LogP) is 3.43. The van der Waals surface area contributed by atoms with E-state index in [9.17, 15) is 0 Å².